The van der Waals surface area contributed by atoms with E-state index in [0.29, 0.717) is 39.0 Å². The molecule has 0 rings (SSSR count). The molecule has 0 aromatic rings. The Labute approximate surface area is 338 Å². The first-order chi connectivity index (χ1) is 27.5. The molecule has 0 aromatic heterocycles. The van der Waals surface area contributed by atoms with Gasteiger partial charge in [0.15, 0.2) is 0 Å². The van der Waals surface area contributed by atoms with E-state index in [4.69, 9.17) is 29.2 Å². The Morgan fingerprint density at radius 1 is 0.439 bits per heavy atom. The highest BCUT2D eigenvalue weighted by atomic mass is 16.5. The monoisotopic (exact) mass is 817 g/mol. The van der Waals surface area contributed by atoms with Crippen LogP contribution in [0.5, 0.6) is 0 Å². The summed E-state index contributed by atoms with van der Waals surface area (Å²) in [6.07, 6.45) is 17.7. The van der Waals surface area contributed by atoms with E-state index in [-0.39, 0.29) is 95.6 Å². The third kappa shape index (κ3) is 40.3. The molecule has 6 N–H and O–H groups in total. The minimum Gasteiger partial charge on any atom is -0.481 e. The SMILES string of the molecule is CC(=O)CCC(NC(=O)COCCOCCNC(=O)COCCOCCNC(=O)CCCNC(=O)CCCCCCCCCCCCCCCCC(=O)O)C(=O)O. The standard InChI is InChI=1S/C40H72N4O13/c1-33(45)20-21-34(40(52)53)44-38(49)32-57-30-28-55-26-24-43-37(48)31-56-29-27-54-25-23-42-36(47)18-16-22-41-35(46)17-14-12-10-8-6-4-2-3-5-7-9-11-13-15-19-39(50)51/h34H,2-32H2,1H3,(H,41,46)(H,42,47)(H,43,48)(H,44,49)(H,50,51)(H,52,53). The Balaban J connectivity index is 3.46. The number of hydrogen-bond acceptors (Lipinski definition) is 11. The van der Waals surface area contributed by atoms with Crippen molar-refractivity contribution in [1.29, 1.82) is 0 Å². The van der Waals surface area contributed by atoms with E-state index in [1.54, 1.807) is 0 Å². The van der Waals surface area contributed by atoms with Gasteiger partial charge in [0.1, 0.15) is 25.0 Å². The number of ketones is 1. The number of amides is 4. The molecule has 0 spiro atoms. The Morgan fingerprint density at radius 3 is 1.32 bits per heavy atom. The summed E-state index contributed by atoms with van der Waals surface area (Å²) in [7, 11) is 0. The summed E-state index contributed by atoms with van der Waals surface area (Å²) < 4.78 is 21.1. The molecule has 0 fully saturated rings. The zero-order chi connectivity index (χ0) is 42.2. The molecule has 0 saturated carbocycles. The first-order valence-electron chi connectivity index (χ1n) is 20.9. The Bertz CT molecular complexity index is 1110. The van der Waals surface area contributed by atoms with Gasteiger partial charge in [-0.3, -0.25) is 24.0 Å². The second-order valence-electron chi connectivity index (χ2n) is 14.0. The third-order valence-electron chi connectivity index (χ3n) is 8.71. The normalized spacial score (nSPS) is 11.5. The van der Waals surface area contributed by atoms with Crippen LogP contribution in [0.25, 0.3) is 0 Å². The van der Waals surface area contributed by atoms with Crippen molar-refractivity contribution in [3.63, 3.8) is 0 Å². The molecule has 0 aromatic carbocycles. The van der Waals surface area contributed by atoms with Gasteiger partial charge in [0.25, 0.3) is 0 Å². The molecule has 57 heavy (non-hydrogen) atoms. The van der Waals surface area contributed by atoms with Gasteiger partial charge in [0, 0.05) is 45.3 Å². The fourth-order valence-electron chi connectivity index (χ4n) is 5.52. The van der Waals surface area contributed by atoms with Crippen molar-refractivity contribution in [2.24, 2.45) is 0 Å². The number of Topliss-reactive ketones (excluding diaryl/α,β-unsaturated/α-hetero) is 1. The van der Waals surface area contributed by atoms with Crippen molar-refractivity contribution >= 4 is 41.4 Å². The number of carbonyl (C=O) groups excluding carboxylic acids is 5. The van der Waals surface area contributed by atoms with Crippen LogP contribution in [0.3, 0.4) is 0 Å². The quantitative estimate of drug-likeness (QED) is 0.0484. The van der Waals surface area contributed by atoms with E-state index in [0.717, 1.165) is 38.5 Å². The Kier molecular flexibility index (Phi) is 36.6. The summed E-state index contributed by atoms with van der Waals surface area (Å²) in [4.78, 5) is 80.4. The van der Waals surface area contributed by atoms with Crippen LogP contribution in [-0.4, -0.2) is 130 Å². The lowest BCUT2D eigenvalue weighted by molar-refractivity contribution is -0.143. The highest BCUT2D eigenvalue weighted by Gasteiger charge is 2.20. The highest BCUT2D eigenvalue weighted by Crippen LogP contribution is 2.14. The first kappa shape index (κ1) is 53.3. The van der Waals surface area contributed by atoms with E-state index in [2.05, 4.69) is 21.3 Å². The predicted molar refractivity (Wildman–Crippen MR) is 213 cm³/mol. The van der Waals surface area contributed by atoms with Gasteiger partial charge >= 0.3 is 11.9 Å². The molecule has 330 valence electrons. The number of unbranched alkanes of at least 4 members (excludes halogenated alkanes) is 13. The van der Waals surface area contributed by atoms with Gasteiger partial charge in [0.2, 0.25) is 23.6 Å². The second-order valence-corrected chi connectivity index (χ2v) is 14.0. The van der Waals surface area contributed by atoms with E-state index in [1.807, 2.05) is 0 Å². The number of nitrogens with one attached hydrogen (secondary N) is 4. The number of carboxylic acids is 2. The van der Waals surface area contributed by atoms with Gasteiger partial charge < -0.3 is 55.2 Å². The van der Waals surface area contributed by atoms with Gasteiger partial charge in [-0.15, -0.1) is 0 Å². The fraction of sp³-hybridized carbons (Fsp3) is 0.825. The summed E-state index contributed by atoms with van der Waals surface area (Å²) in [5.41, 5.74) is 0. The van der Waals surface area contributed by atoms with E-state index < -0.39 is 23.9 Å². The van der Waals surface area contributed by atoms with Crippen molar-refractivity contribution in [3.05, 3.63) is 0 Å². The smallest absolute Gasteiger partial charge is 0.326 e. The minimum absolute atomic E-state index is 0.00504. The number of ether oxygens (including phenoxy) is 4. The van der Waals surface area contributed by atoms with E-state index >= 15 is 0 Å². The van der Waals surface area contributed by atoms with Crippen molar-refractivity contribution in [2.75, 3.05) is 72.5 Å². The maximum atomic E-state index is 12.1. The van der Waals surface area contributed by atoms with Crippen LogP contribution in [0.1, 0.15) is 135 Å². The number of aliphatic carboxylic acids is 2. The molecule has 0 heterocycles. The molecule has 0 saturated heterocycles. The number of carboxylic acid groups (broad SMARTS) is 2. The molecule has 0 radical (unpaired) electrons. The summed E-state index contributed by atoms with van der Waals surface area (Å²) in [5.74, 6) is -3.11. The fourth-order valence-corrected chi connectivity index (χ4v) is 5.52. The van der Waals surface area contributed by atoms with Crippen LogP contribution in [0.2, 0.25) is 0 Å². The van der Waals surface area contributed by atoms with E-state index in [1.165, 1.54) is 58.3 Å². The van der Waals surface area contributed by atoms with Crippen LogP contribution >= 0.6 is 0 Å². The van der Waals surface area contributed by atoms with Crippen molar-refractivity contribution in [2.45, 2.75) is 141 Å². The lowest BCUT2D eigenvalue weighted by atomic mass is 10.0. The van der Waals surface area contributed by atoms with E-state index in [9.17, 15) is 33.6 Å². The summed E-state index contributed by atoms with van der Waals surface area (Å²) in [6, 6.07) is -1.16. The molecular formula is C40H72N4O13. The molecular weight excluding hydrogens is 744 g/mol. The highest BCUT2D eigenvalue weighted by molar-refractivity contribution is 5.85. The maximum absolute atomic E-state index is 12.1. The molecule has 0 aliphatic carbocycles. The average molecular weight is 817 g/mol. The summed E-state index contributed by atoms with van der Waals surface area (Å²) in [6.45, 7) is 3.12. The zero-order valence-electron chi connectivity index (χ0n) is 34.4. The number of carbonyl (C=O) groups is 7. The van der Waals surface area contributed by atoms with Gasteiger partial charge in [-0.2, -0.15) is 0 Å². The molecule has 0 aliphatic rings. The zero-order valence-corrected chi connectivity index (χ0v) is 34.4. The maximum Gasteiger partial charge on any atom is 0.326 e. The van der Waals surface area contributed by atoms with Crippen LogP contribution in [0, 0.1) is 0 Å². The second kappa shape index (κ2) is 39.2. The van der Waals surface area contributed by atoms with Crippen LogP contribution in [0.15, 0.2) is 0 Å². The lowest BCUT2D eigenvalue weighted by Gasteiger charge is -2.14. The first-order valence-corrected chi connectivity index (χ1v) is 20.9. The lowest BCUT2D eigenvalue weighted by Crippen LogP contribution is -2.42. The molecule has 0 bridgehead atoms. The molecule has 17 heteroatoms. The van der Waals surface area contributed by atoms with Gasteiger partial charge in [-0.1, -0.05) is 77.0 Å². The van der Waals surface area contributed by atoms with Crippen molar-refractivity contribution < 1.29 is 62.7 Å². The molecule has 0 aliphatic heterocycles. The number of rotatable bonds is 42. The molecule has 1 atom stereocenters. The average Bonchev–Trinajstić information content (AvgIpc) is 3.16. The van der Waals surface area contributed by atoms with Crippen LogP contribution in [-0.2, 0) is 52.5 Å². The summed E-state index contributed by atoms with van der Waals surface area (Å²) >= 11 is 0. The third-order valence-corrected chi connectivity index (χ3v) is 8.71. The topological polar surface area (TPSA) is 245 Å². The van der Waals surface area contributed by atoms with Gasteiger partial charge in [-0.05, 0) is 32.6 Å². The van der Waals surface area contributed by atoms with Gasteiger partial charge in [-0.25, -0.2) is 4.79 Å². The minimum atomic E-state index is -1.22. The molecule has 4 amide bonds. The van der Waals surface area contributed by atoms with Gasteiger partial charge in [0.05, 0.1) is 39.6 Å². The summed E-state index contributed by atoms with van der Waals surface area (Å²) in [5, 5.41) is 28.4. The van der Waals surface area contributed by atoms with Crippen molar-refractivity contribution in [3.8, 4) is 0 Å². The van der Waals surface area contributed by atoms with Crippen LogP contribution in [0.4, 0.5) is 0 Å². The predicted octanol–water partition coefficient (Wildman–Crippen LogP) is 3.45. The molecule has 17 nitrogen and oxygen atoms in total. The largest absolute Gasteiger partial charge is 0.481 e. The Morgan fingerprint density at radius 2 is 0.842 bits per heavy atom. The van der Waals surface area contributed by atoms with Crippen molar-refractivity contribution in [1.82, 2.24) is 21.3 Å². The Hall–Kier alpha value is -3.67. The van der Waals surface area contributed by atoms with Crippen LogP contribution < -0.4 is 21.3 Å². The molecule has 1 unspecified atom stereocenters. The number of hydrogen-bond donors (Lipinski definition) is 6.